The van der Waals surface area contributed by atoms with Crippen LogP contribution in [0.2, 0.25) is 0 Å². The van der Waals surface area contributed by atoms with Crippen LogP contribution < -0.4 is 5.73 Å². The summed E-state index contributed by atoms with van der Waals surface area (Å²) < 4.78 is 2.22. The van der Waals surface area contributed by atoms with Crippen molar-refractivity contribution >= 4 is 17.0 Å². The number of anilines is 1. The predicted octanol–water partition coefficient (Wildman–Crippen LogP) is 3.53. The van der Waals surface area contributed by atoms with Crippen LogP contribution in [0.5, 0.6) is 0 Å². The molecule has 1 saturated carbocycles. The van der Waals surface area contributed by atoms with E-state index in [1.807, 2.05) is 0 Å². The van der Waals surface area contributed by atoms with E-state index in [0.717, 1.165) is 11.0 Å². The second-order valence-corrected chi connectivity index (χ2v) is 6.63. The van der Waals surface area contributed by atoms with Crippen LogP contribution in [0.4, 0.5) is 5.95 Å². The third-order valence-corrected chi connectivity index (χ3v) is 5.15. The highest BCUT2D eigenvalue weighted by Gasteiger charge is 2.66. The molecule has 3 nitrogen and oxygen atoms in total. The fourth-order valence-electron chi connectivity index (χ4n) is 3.35. The maximum atomic E-state index is 6.16. The summed E-state index contributed by atoms with van der Waals surface area (Å²) in [6, 6.07) is 6.72. The molecule has 3 heteroatoms. The normalized spacial score (nSPS) is 21.4. The SMILES string of the molecule is Cc1cccc2c1nc(N)n2C1C(C)(C)C1(C)C. The van der Waals surface area contributed by atoms with Gasteiger partial charge in [-0.15, -0.1) is 0 Å². The van der Waals surface area contributed by atoms with Gasteiger partial charge >= 0.3 is 0 Å². The average molecular weight is 243 g/mol. The molecule has 0 radical (unpaired) electrons. The standard InChI is InChI=1S/C15H21N3/c1-9-7-6-8-10-11(9)17-13(16)18(10)12-14(2,3)15(12,4)5/h6-8,12H,1-5H3,(H2,16,17). The molecule has 1 aromatic heterocycles. The second-order valence-electron chi connectivity index (χ2n) is 6.63. The van der Waals surface area contributed by atoms with Crippen molar-refractivity contribution in [3.8, 4) is 0 Å². The Morgan fingerprint density at radius 1 is 1.17 bits per heavy atom. The molecule has 0 spiro atoms. The topological polar surface area (TPSA) is 43.8 Å². The van der Waals surface area contributed by atoms with Gasteiger partial charge in [0.15, 0.2) is 0 Å². The molecule has 0 saturated heterocycles. The Hall–Kier alpha value is -1.51. The third kappa shape index (κ3) is 1.17. The highest BCUT2D eigenvalue weighted by Crippen LogP contribution is 2.72. The van der Waals surface area contributed by atoms with Gasteiger partial charge in [-0.1, -0.05) is 39.8 Å². The summed E-state index contributed by atoms with van der Waals surface area (Å²) in [6.45, 7) is 11.3. The van der Waals surface area contributed by atoms with Crippen molar-refractivity contribution in [1.29, 1.82) is 0 Å². The monoisotopic (exact) mass is 243 g/mol. The quantitative estimate of drug-likeness (QED) is 0.832. The van der Waals surface area contributed by atoms with Crippen molar-refractivity contribution in [2.45, 2.75) is 40.7 Å². The summed E-state index contributed by atoms with van der Waals surface area (Å²) in [7, 11) is 0. The fraction of sp³-hybridized carbons (Fsp3) is 0.533. The summed E-state index contributed by atoms with van der Waals surface area (Å²) in [6.07, 6.45) is 0. The summed E-state index contributed by atoms with van der Waals surface area (Å²) in [4.78, 5) is 4.55. The number of nitrogen functional groups attached to an aromatic ring is 1. The van der Waals surface area contributed by atoms with Gasteiger partial charge in [-0.2, -0.15) is 0 Å². The van der Waals surface area contributed by atoms with E-state index in [1.54, 1.807) is 0 Å². The maximum Gasteiger partial charge on any atom is 0.201 e. The Kier molecular flexibility index (Phi) is 1.98. The highest BCUT2D eigenvalue weighted by atomic mass is 15.2. The molecule has 1 aliphatic rings. The lowest BCUT2D eigenvalue weighted by Crippen LogP contribution is -2.05. The molecular weight excluding hydrogens is 222 g/mol. The summed E-state index contributed by atoms with van der Waals surface area (Å²) in [5.74, 6) is 0.642. The van der Waals surface area contributed by atoms with E-state index in [4.69, 9.17) is 5.73 Å². The molecule has 0 atom stereocenters. The summed E-state index contributed by atoms with van der Waals surface area (Å²) in [5, 5.41) is 0. The number of fused-ring (bicyclic) bond motifs is 1. The lowest BCUT2D eigenvalue weighted by atomic mass is 10.0. The third-order valence-electron chi connectivity index (χ3n) is 5.15. The number of benzene rings is 1. The second kappa shape index (κ2) is 3.08. The number of imidazole rings is 1. The molecule has 96 valence electrons. The highest BCUT2D eigenvalue weighted by molar-refractivity contribution is 5.82. The van der Waals surface area contributed by atoms with E-state index in [2.05, 4.69) is 62.4 Å². The zero-order valence-electron chi connectivity index (χ0n) is 11.8. The van der Waals surface area contributed by atoms with Crippen LogP contribution in [0, 0.1) is 17.8 Å². The number of aromatic nitrogens is 2. The molecule has 3 rings (SSSR count). The van der Waals surface area contributed by atoms with Crippen LogP contribution in [0.1, 0.15) is 39.3 Å². The van der Waals surface area contributed by atoms with E-state index in [-0.39, 0.29) is 10.8 Å². The minimum atomic E-state index is 0.262. The lowest BCUT2D eigenvalue weighted by molar-refractivity contribution is 0.457. The molecule has 18 heavy (non-hydrogen) atoms. The Bertz CT molecular complexity index is 620. The number of nitrogens with zero attached hydrogens (tertiary/aromatic N) is 2. The number of para-hydroxylation sites is 1. The van der Waals surface area contributed by atoms with Gasteiger partial charge in [0.2, 0.25) is 5.95 Å². The van der Waals surface area contributed by atoms with Gasteiger partial charge in [-0.3, -0.25) is 0 Å². The molecular formula is C15H21N3. The molecule has 1 fully saturated rings. The fourth-order valence-corrected chi connectivity index (χ4v) is 3.35. The van der Waals surface area contributed by atoms with Crippen LogP contribution >= 0.6 is 0 Å². The molecule has 2 aromatic rings. The zero-order chi connectivity index (χ0) is 13.3. The van der Waals surface area contributed by atoms with Crippen LogP contribution in [0.25, 0.3) is 11.0 Å². The molecule has 0 amide bonds. The predicted molar refractivity (Wildman–Crippen MR) is 75.5 cm³/mol. The van der Waals surface area contributed by atoms with Gasteiger partial charge in [-0.25, -0.2) is 4.98 Å². The van der Waals surface area contributed by atoms with Crippen LogP contribution in [0.3, 0.4) is 0 Å². The Balaban J connectivity index is 2.26. The maximum absolute atomic E-state index is 6.16. The van der Waals surface area contributed by atoms with E-state index in [0.29, 0.717) is 12.0 Å². The van der Waals surface area contributed by atoms with Crippen molar-refractivity contribution in [2.75, 3.05) is 5.73 Å². The minimum Gasteiger partial charge on any atom is -0.369 e. The largest absolute Gasteiger partial charge is 0.369 e. The molecule has 2 N–H and O–H groups in total. The number of hydrogen-bond acceptors (Lipinski definition) is 2. The number of rotatable bonds is 1. The first-order chi connectivity index (χ1) is 8.28. The molecule has 0 bridgehead atoms. The van der Waals surface area contributed by atoms with Gasteiger partial charge in [0.05, 0.1) is 11.0 Å². The number of hydrogen-bond donors (Lipinski definition) is 1. The smallest absolute Gasteiger partial charge is 0.201 e. The van der Waals surface area contributed by atoms with Gasteiger partial charge in [-0.05, 0) is 29.4 Å². The number of aryl methyl sites for hydroxylation is 1. The van der Waals surface area contributed by atoms with Crippen LogP contribution in [-0.2, 0) is 0 Å². The first kappa shape index (κ1) is 11.6. The van der Waals surface area contributed by atoms with Gasteiger partial charge < -0.3 is 10.3 Å². The Morgan fingerprint density at radius 3 is 2.33 bits per heavy atom. The molecule has 0 aliphatic heterocycles. The van der Waals surface area contributed by atoms with Gasteiger partial charge in [0, 0.05) is 6.04 Å². The van der Waals surface area contributed by atoms with Crippen LogP contribution in [-0.4, -0.2) is 9.55 Å². The van der Waals surface area contributed by atoms with Crippen LogP contribution in [0.15, 0.2) is 18.2 Å². The lowest BCUT2D eigenvalue weighted by Gasteiger charge is -2.08. The summed E-state index contributed by atoms with van der Waals surface area (Å²) >= 11 is 0. The molecule has 1 heterocycles. The average Bonchev–Trinajstić information content (AvgIpc) is 2.55. The Labute approximate surface area is 108 Å². The summed E-state index contributed by atoms with van der Waals surface area (Å²) in [5.41, 5.74) is 10.1. The van der Waals surface area contributed by atoms with Crippen molar-refractivity contribution in [3.63, 3.8) is 0 Å². The Morgan fingerprint density at radius 2 is 1.78 bits per heavy atom. The van der Waals surface area contributed by atoms with Gasteiger partial charge in [0.1, 0.15) is 0 Å². The number of nitrogens with two attached hydrogens (primary N) is 1. The van der Waals surface area contributed by atoms with Crippen molar-refractivity contribution < 1.29 is 0 Å². The molecule has 0 unspecified atom stereocenters. The van der Waals surface area contributed by atoms with E-state index < -0.39 is 0 Å². The first-order valence-corrected chi connectivity index (χ1v) is 6.51. The van der Waals surface area contributed by atoms with Gasteiger partial charge in [0.25, 0.3) is 0 Å². The first-order valence-electron chi connectivity index (χ1n) is 6.51. The molecule has 1 aromatic carbocycles. The van der Waals surface area contributed by atoms with Crippen molar-refractivity contribution in [2.24, 2.45) is 10.8 Å². The van der Waals surface area contributed by atoms with Crippen molar-refractivity contribution in [3.05, 3.63) is 23.8 Å². The van der Waals surface area contributed by atoms with Crippen molar-refractivity contribution in [1.82, 2.24) is 9.55 Å². The van der Waals surface area contributed by atoms with E-state index in [1.165, 1.54) is 5.56 Å². The molecule has 1 aliphatic carbocycles. The van der Waals surface area contributed by atoms with E-state index in [9.17, 15) is 0 Å². The van der Waals surface area contributed by atoms with E-state index >= 15 is 0 Å². The minimum absolute atomic E-state index is 0.262. The zero-order valence-corrected chi connectivity index (χ0v) is 11.8.